The van der Waals surface area contributed by atoms with E-state index in [1.807, 2.05) is 11.8 Å². The van der Waals surface area contributed by atoms with E-state index in [1.54, 1.807) is 0 Å². The lowest BCUT2D eigenvalue weighted by atomic mass is 9.83. The Kier molecular flexibility index (Phi) is 5.64. The summed E-state index contributed by atoms with van der Waals surface area (Å²) in [5.74, 6) is 0.955. The summed E-state index contributed by atoms with van der Waals surface area (Å²) in [6.07, 6.45) is 9.54. The molecule has 17 heavy (non-hydrogen) atoms. The Labute approximate surface area is 111 Å². The van der Waals surface area contributed by atoms with Crippen molar-refractivity contribution in [2.75, 3.05) is 32.4 Å². The molecule has 0 spiro atoms. The minimum Gasteiger partial charge on any atom is -0.311 e. The largest absolute Gasteiger partial charge is 0.311 e. The number of thioether (sulfide) groups is 1. The normalized spacial score (nSPS) is 30.4. The smallest absolute Gasteiger partial charge is 0.0223 e. The van der Waals surface area contributed by atoms with Crippen molar-refractivity contribution >= 4 is 11.8 Å². The summed E-state index contributed by atoms with van der Waals surface area (Å²) >= 11 is 1.99. The maximum atomic E-state index is 3.76. The van der Waals surface area contributed by atoms with Crippen LogP contribution in [0.3, 0.4) is 0 Å². The van der Waals surface area contributed by atoms with Gasteiger partial charge in [-0.15, -0.1) is 0 Å². The summed E-state index contributed by atoms with van der Waals surface area (Å²) in [6, 6.07) is 0.776. The van der Waals surface area contributed by atoms with Gasteiger partial charge in [0.2, 0.25) is 0 Å². The third-order valence-corrected chi connectivity index (χ3v) is 5.38. The van der Waals surface area contributed by atoms with E-state index in [-0.39, 0.29) is 0 Å². The third-order valence-electron chi connectivity index (χ3n) is 4.43. The first-order chi connectivity index (χ1) is 8.29. The van der Waals surface area contributed by atoms with Crippen LogP contribution < -0.4 is 5.32 Å². The Morgan fingerprint density at radius 3 is 2.76 bits per heavy atom. The number of hydrogen-bond acceptors (Lipinski definition) is 3. The molecular weight excluding hydrogens is 228 g/mol. The monoisotopic (exact) mass is 256 g/mol. The van der Waals surface area contributed by atoms with Gasteiger partial charge in [-0.25, -0.2) is 0 Å². The highest BCUT2D eigenvalue weighted by atomic mass is 32.2. The summed E-state index contributed by atoms with van der Waals surface area (Å²) in [5.41, 5.74) is 0. The SMILES string of the molecule is CSC(C)CN1CCNC(C2CCCCC2)C1. The molecule has 1 heterocycles. The first-order valence-corrected chi connectivity index (χ1v) is 8.57. The summed E-state index contributed by atoms with van der Waals surface area (Å²) < 4.78 is 0. The van der Waals surface area contributed by atoms with Crippen LogP contribution in [0.4, 0.5) is 0 Å². The Balaban J connectivity index is 1.79. The molecular formula is C14H28N2S. The van der Waals surface area contributed by atoms with E-state index in [4.69, 9.17) is 0 Å². The molecule has 1 aliphatic heterocycles. The molecule has 1 saturated carbocycles. The fourth-order valence-corrected chi connectivity index (χ4v) is 3.66. The van der Waals surface area contributed by atoms with Gasteiger partial charge in [0.1, 0.15) is 0 Å². The van der Waals surface area contributed by atoms with Crippen molar-refractivity contribution in [1.82, 2.24) is 10.2 Å². The zero-order valence-corrected chi connectivity index (χ0v) is 12.3. The van der Waals surface area contributed by atoms with Gasteiger partial charge in [0.15, 0.2) is 0 Å². The molecule has 0 aromatic carbocycles. The summed E-state index contributed by atoms with van der Waals surface area (Å²) in [5, 5.41) is 4.54. The molecule has 3 heteroatoms. The van der Waals surface area contributed by atoms with Crippen molar-refractivity contribution in [3.63, 3.8) is 0 Å². The highest BCUT2D eigenvalue weighted by Gasteiger charge is 2.28. The molecule has 2 nitrogen and oxygen atoms in total. The standard InChI is InChI=1S/C14H28N2S/c1-12(17-2)10-16-9-8-15-14(11-16)13-6-4-3-5-7-13/h12-15H,3-11H2,1-2H3. The molecule has 1 N–H and O–H groups in total. The van der Waals surface area contributed by atoms with Gasteiger partial charge < -0.3 is 5.32 Å². The maximum Gasteiger partial charge on any atom is 0.0223 e. The molecule has 2 unspecified atom stereocenters. The number of piperazine rings is 1. The third kappa shape index (κ3) is 4.15. The van der Waals surface area contributed by atoms with Gasteiger partial charge in [0.25, 0.3) is 0 Å². The Hall–Kier alpha value is 0.270. The van der Waals surface area contributed by atoms with Crippen LogP contribution in [-0.2, 0) is 0 Å². The second-order valence-corrected chi connectivity index (χ2v) is 7.04. The molecule has 2 rings (SSSR count). The summed E-state index contributed by atoms with van der Waals surface area (Å²) in [7, 11) is 0. The van der Waals surface area contributed by atoms with Crippen LogP contribution in [-0.4, -0.2) is 48.6 Å². The average molecular weight is 256 g/mol. The van der Waals surface area contributed by atoms with Crippen LogP contribution in [0.2, 0.25) is 0 Å². The van der Waals surface area contributed by atoms with Crippen molar-refractivity contribution in [3.05, 3.63) is 0 Å². The molecule has 0 aromatic rings. The van der Waals surface area contributed by atoms with E-state index in [2.05, 4.69) is 23.4 Å². The van der Waals surface area contributed by atoms with Gasteiger partial charge in [0.05, 0.1) is 0 Å². The molecule has 0 amide bonds. The number of hydrogen-bond donors (Lipinski definition) is 1. The van der Waals surface area contributed by atoms with Crippen LogP contribution in [0.5, 0.6) is 0 Å². The van der Waals surface area contributed by atoms with Gasteiger partial charge in [-0.3, -0.25) is 4.90 Å². The van der Waals surface area contributed by atoms with E-state index in [9.17, 15) is 0 Å². The van der Waals surface area contributed by atoms with E-state index in [1.165, 1.54) is 58.3 Å². The van der Waals surface area contributed by atoms with Gasteiger partial charge in [-0.1, -0.05) is 26.2 Å². The zero-order chi connectivity index (χ0) is 12.1. The van der Waals surface area contributed by atoms with E-state index < -0.39 is 0 Å². The predicted molar refractivity (Wildman–Crippen MR) is 77.8 cm³/mol. The van der Waals surface area contributed by atoms with Crippen LogP contribution >= 0.6 is 11.8 Å². The molecule has 100 valence electrons. The molecule has 0 bridgehead atoms. The summed E-state index contributed by atoms with van der Waals surface area (Å²) in [4.78, 5) is 2.68. The molecule has 0 aromatic heterocycles. The highest BCUT2D eigenvalue weighted by Crippen LogP contribution is 2.27. The Morgan fingerprint density at radius 1 is 1.29 bits per heavy atom. The van der Waals surface area contributed by atoms with Gasteiger partial charge >= 0.3 is 0 Å². The zero-order valence-electron chi connectivity index (χ0n) is 11.5. The van der Waals surface area contributed by atoms with E-state index in [0.717, 1.165) is 17.2 Å². The fraction of sp³-hybridized carbons (Fsp3) is 1.00. The predicted octanol–water partition coefficient (Wildman–Crippen LogP) is 2.59. The number of rotatable bonds is 4. The molecule has 2 fully saturated rings. The summed E-state index contributed by atoms with van der Waals surface area (Å²) in [6.45, 7) is 7.35. The Morgan fingerprint density at radius 2 is 2.06 bits per heavy atom. The molecule has 2 atom stereocenters. The van der Waals surface area contributed by atoms with E-state index in [0.29, 0.717) is 0 Å². The lowest BCUT2D eigenvalue weighted by Gasteiger charge is -2.40. The maximum absolute atomic E-state index is 3.76. The molecule has 2 aliphatic rings. The van der Waals surface area contributed by atoms with Crippen molar-refractivity contribution in [2.45, 2.75) is 50.3 Å². The Bertz CT molecular complexity index is 216. The first kappa shape index (κ1) is 13.7. The van der Waals surface area contributed by atoms with Crippen molar-refractivity contribution in [3.8, 4) is 0 Å². The van der Waals surface area contributed by atoms with Crippen LogP contribution in [0.25, 0.3) is 0 Å². The van der Waals surface area contributed by atoms with Crippen LogP contribution in [0.1, 0.15) is 39.0 Å². The lowest BCUT2D eigenvalue weighted by Crippen LogP contribution is -2.54. The second-order valence-electron chi connectivity index (χ2n) is 5.76. The minimum atomic E-state index is 0.776. The second kappa shape index (κ2) is 7.01. The molecule has 1 saturated heterocycles. The molecule has 1 aliphatic carbocycles. The van der Waals surface area contributed by atoms with Crippen LogP contribution in [0.15, 0.2) is 0 Å². The average Bonchev–Trinajstić information content (AvgIpc) is 2.40. The fourth-order valence-electron chi connectivity index (χ4n) is 3.30. The quantitative estimate of drug-likeness (QED) is 0.832. The van der Waals surface area contributed by atoms with Crippen molar-refractivity contribution < 1.29 is 0 Å². The first-order valence-electron chi connectivity index (χ1n) is 7.28. The number of nitrogens with zero attached hydrogens (tertiary/aromatic N) is 1. The van der Waals surface area contributed by atoms with Crippen LogP contribution in [0, 0.1) is 5.92 Å². The van der Waals surface area contributed by atoms with Gasteiger partial charge in [0, 0.05) is 37.5 Å². The van der Waals surface area contributed by atoms with E-state index >= 15 is 0 Å². The number of nitrogens with one attached hydrogen (secondary N) is 1. The lowest BCUT2D eigenvalue weighted by molar-refractivity contribution is 0.148. The van der Waals surface area contributed by atoms with Gasteiger partial charge in [-0.2, -0.15) is 11.8 Å². The molecule has 0 radical (unpaired) electrons. The van der Waals surface area contributed by atoms with Crippen molar-refractivity contribution in [1.29, 1.82) is 0 Å². The topological polar surface area (TPSA) is 15.3 Å². The minimum absolute atomic E-state index is 0.776. The van der Waals surface area contributed by atoms with Crippen molar-refractivity contribution in [2.24, 2.45) is 5.92 Å². The van der Waals surface area contributed by atoms with Gasteiger partial charge in [-0.05, 0) is 25.0 Å². The highest BCUT2D eigenvalue weighted by molar-refractivity contribution is 7.99.